The van der Waals surface area contributed by atoms with Crippen molar-refractivity contribution in [3.8, 4) is 39.7 Å². The van der Waals surface area contributed by atoms with Crippen LogP contribution in [0.3, 0.4) is 0 Å². The molecule has 0 aliphatic heterocycles. The fourth-order valence-electron chi connectivity index (χ4n) is 2.95. The van der Waals surface area contributed by atoms with Gasteiger partial charge in [0.05, 0.1) is 23.0 Å². The standard InChI is InChI=1S/C22H16BrFN2O/c1-27-19-12-9-16(13-18(19)23)22-25-20(14-5-3-2-4-6-14)21(26-22)15-7-10-17(24)11-8-15/h2-13H,1H3,(H,25,26). The SMILES string of the molecule is COc1ccc(-c2nc(-c3ccccc3)c(-c3ccc(F)cc3)[nH]2)cc1Br. The van der Waals surface area contributed by atoms with E-state index in [0.29, 0.717) is 0 Å². The van der Waals surface area contributed by atoms with Crippen molar-refractivity contribution >= 4 is 15.9 Å². The molecule has 0 amide bonds. The fourth-order valence-corrected chi connectivity index (χ4v) is 3.49. The Balaban J connectivity index is 1.87. The van der Waals surface area contributed by atoms with Crippen LogP contribution in [-0.2, 0) is 0 Å². The second-order valence-corrected chi connectivity index (χ2v) is 6.89. The first-order valence-corrected chi connectivity index (χ1v) is 9.20. The molecule has 134 valence electrons. The second kappa shape index (κ2) is 7.37. The van der Waals surface area contributed by atoms with Gasteiger partial charge in [0.2, 0.25) is 0 Å². The van der Waals surface area contributed by atoms with Crippen LogP contribution in [0.15, 0.2) is 77.3 Å². The maximum absolute atomic E-state index is 13.4. The lowest BCUT2D eigenvalue weighted by molar-refractivity contribution is 0.412. The molecule has 1 heterocycles. The lowest BCUT2D eigenvalue weighted by atomic mass is 10.1. The van der Waals surface area contributed by atoms with Crippen LogP contribution < -0.4 is 4.74 Å². The molecule has 0 bridgehead atoms. The van der Waals surface area contributed by atoms with E-state index in [1.807, 2.05) is 48.5 Å². The number of nitrogens with one attached hydrogen (secondary N) is 1. The molecule has 3 nitrogen and oxygen atoms in total. The number of aromatic nitrogens is 2. The van der Waals surface area contributed by atoms with Crippen LogP contribution in [0, 0.1) is 5.82 Å². The molecule has 0 saturated heterocycles. The van der Waals surface area contributed by atoms with E-state index < -0.39 is 0 Å². The van der Waals surface area contributed by atoms with Crippen LogP contribution in [0.5, 0.6) is 5.75 Å². The summed E-state index contributed by atoms with van der Waals surface area (Å²) < 4.78 is 19.5. The average Bonchev–Trinajstić information content (AvgIpc) is 3.14. The van der Waals surface area contributed by atoms with Gasteiger partial charge in [0.25, 0.3) is 0 Å². The molecule has 0 aliphatic rings. The number of methoxy groups -OCH3 is 1. The number of imidazole rings is 1. The van der Waals surface area contributed by atoms with Crippen LogP contribution in [0.1, 0.15) is 0 Å². The normalized spacial score (nSPS) is 10.8. The predicted molar refractivity (Wildman–Crippen MR) is 109 cm³/mol. The van der Waals surface area contributed by atoms with E-state index in [4.69, 9.17) is 9.72 Å². The van der Waals surface area contributed by atoms with E-state index in [-0.39, 0.29) is 5.82 Å². The smallest absolute Gasteiger partial charge is 0.138 e. The molecule has 0 radical (unpaired) electrons. The highest BCUT2D eigenvalue weighted by molar-refractivity contribution is 9.10. The van der Waals surface area contributed by atoms with Gasteiger partial charge in [0.1, 0.15) is 17.4 Å². The zero-order chi connectivity index (χ0) is 18.8. The quantitative estimate of drug-likeness (QED) is 0.417. The first-order valence-electron chi connectivity index (χ1n) is 8.41. The number of halogens is 2. The number of aromatic amines is 1. The molecule has 0 aliphatic carbocycles. The molecule has 0 fully saturated rings. The average molecular weight is 423 g/mol. The van der Waals surface area contributed by atoms with E-state index in [2.05, 4.69) is 20.9 Å². The Labute approximate surface area is 165 Å². The molecule has 5 heteroatoms. The van der Waals surface area contributed by atoms with Crippen molar-refractivity contribution in [3.05, 3.63) is 83.1 Å². The van der Waals surface area contributed by atoms with Crippen molar-refractivity contribution in [3.63, 3.8) is 0 Å². The monoisotopic (exact) mass is 422 g/mol. The Morgan fingerprint density at radius 1 is 0.889 bits per heavy atom. The van der Waals surface area contributed by atoms with Gasteiger partial charge in [-0.1, -0.05) is 30.3 Å². The summed E-state index contributed by atoms with van der Waals surface area (Å²) in [5.41, 5.74) is 4.47. The van der Waals surface area contributed by atoms with Gasteiger partial charge >= 0.3 is 0 Å². The lowest BCUT2D eigenvalue weighted by Gasteiger charge is -2.04. The summed E-state index contributed by atoms with van der Waals surface area (Å²) in [6, 6.07) is 22.1. The minimum atomic E-state index is -0.265. The van der Waals surface area contributed by atoms with Crippen molar-refractivity contribution < 1.29 is 9.13 Å². The van der Waals surface area contributed by atoms with E-state index in [1.54, 1.807) is 19.2 Å². The molecular formula is C22H16BrFN2O. The van der Waals surface area contributed by atoms with Gasteiger partial charge in [0.15, 0.2) is 0 Å². The first kappa shape index (κ1) is 17.5. The topological polar surface area (TPSA) is 37.9 Å². The Morgan fingerprint density at radius 2 is 1.59 bits per heavy atom. The summed E-state index contributed by atoms with van der Waals surface area (Å²) in [7, 11) is 1.63. The van der Waals surface area contributed by atoms with Crippen molar-refractivity contribution in [1.82, 2.24) is 9.97 Å². The fraction of sp³-hybridized carbons (Fsp3) is 0.0455. The van der Waals surface area contributed by atoms with Gasteiger partial charge < -0.3 is 9.72 Å². The van der Waals surface area contributed by atoms with Gasteiger partial charge in [0, 0.05) is 16.7 Å². The van der Waals surface area contributed by atoms with Crippen LogP contribution in [-0.4, -0.2) is 17.1 Å². The zero-order valence-electron chi connectivity index (χ0n) is 14.5. The Kier molecular flexibility index (Phi) is 4.77. The molecule has 0 saturated carbocycles. The molecule has 1 aromatic heterocycles. The molecule has 0 unspecified atom stereocenters. The van der Waals surface area contributed by atoms with Gasteiger partial charge in [-0.2, -0.15) is 0 Å². The Bertz CT molecular complexity index is 1080. The maximum atomic E-state index is 13.4. The minimum absolute atomic E-state index is 0.265. The van der Waals surface area contributed by atoms with E-state index in [0.717, 1.165) is 44.1 Å². The summed E-state index contributed by atoms with van der Waals surface area (Å²) in [4.78, 5) is 8.24. The molecular weight excluding hydrogens is 407 g/mol. The highest BCUT2D eigenvalue weighted by Gasteiger charge is 2.16. The van der Waals surface area contributed by atoms with Gasteiger partial charge in [-0.15, -0.1) is 0 Å². The van der Waals surface area contributed by atoms with Crippen LogP contribution >= 0.6 is 15.9 Å². The number of rotatable bonds is 4. The third-order valence-corrected chi connectivity index (χ3v) is 4.93. The number of hydrogen-bond acceptors (Lipinski definition) is 2. The number of benzene rings is 3. The highest BCUT2D eigenvalue weighted by atomic mass is 79.9. The Morgan fingerprint density at radius 3 is 2.26 bits per heavy atom. The van der Waals surface area contributed by atoms with Crippen molar-refractivity contribution in [2.45, 2.75) is 0 Å². The van der Waals surface area contributed by atoms with Crippen molar-refractivity contribution in [2.75, 3.05) is 7.11 Å². The number of ether oxygens (including phenoxy) is 1. The van der Waals surface area contributed by atoms with E-state index >= 15 is 0 Å². The number of nitrogens with zero attached hydrogens (tertiary/aromatic N) is 1. The number of H-pyrrole nitrogens is 1. The van der Waals surface area contributed by atoms with E-state index in [1.165, 1.54) is 12.1 Å². The largest absolute Gasteiger partial charge is 0.496 e. The molecule has 4 aromatic rings. The Hall–Kier alpha value is -2.92. The molecule has 0 atom stereocenters. The van der Waals surface area contributed by atoms with Crippen LogP contribution in [0.4, 0.5) is 4.39 Å². The molecule has 4 rings (SSSR count). The summed E-state index contributed by atoms with van der Waals surface area (Å²) in [6.45, 7) is 0. The van der Waals surface area contributed by atoms with Crippen LogP contribution in [0.25, 0.3) is 33.9 Å². The second-order valence-electron chi connectivity index (χ2n) is 6.03. The van der Waals surface area contributed by atoms with Gasteiger partial charge in [-0.05, 0) is 58.4 Å². The van der Waals surface area contributed by atoms with Gasteiger partial charge in [-0.3, -0.25) is 0 Å². The maximum Gasteiger partial charge on any atom is 0.138 e. The zero-order valence-corrected chi connectivity index (χ0v) is 16.1. The predicted octanol–water partition coefficient (Wildman–Crippen LogP) is 6.32. The molecule has 3 aromatic carbocycles. The molecule has 0 spiro atoms. The van der Waals surface area contributed by atoms with E-state index in [9.17, 15) is 4.39 Å². The summed E-state index contributed by atoms with van der Waals surface area (Å²) in [5.74, 6) is 1.22. The minimum Gasteiger partial charge on any atom is -0.496 e. The first-order chi connectivity index (χ1) is 13.2. The third kappa shape index (κ3) is 3.51. The number of hydrogen-bond donors (Lipinski definition) is 1. The summed E-state index contributed by atoms with van der Waals surface area (Å²) >= 11 is 3.52. The van der Waals surface area contributed by atoms with Gasteiger partial charge in [-0.25, -0.2) is 9.37 Å². The van der Waals surface area contributed by atoms with Crippen LogP contribution in [0.2, 0.25) is 0 Å². The third-order valence-electron chi connectivity index (χ3n) is 4.31. The molecule has 1 N–H and O–H groups in total. The van der Waals surface area contributed by atoms with Crippen molar-refractivity contribution in [2.24, 2.45) is 0 Å². The highest BCUT2D eigenvalue weighted by Crippen LogP contribution is 2.35. The lowest BCUT2D eigenvalue weighted by Crippen LogP contribution is -1.86. The summed E-state index contributed by atoms with van der Waals surface area (Å²) in [6.07, 6.45) is 0. The van der Waals surface area contributed by atoms with Crippen molar-refractivity contribution in [1.29, 1.82) is 0 Å². The summed E-state index contributed by atoms with van der Waals surface area (Å²) in [5, 5.41) is 0. The molecule has 27 heavy (non-hydrogen) atoms.